The molecule has 1 aliphatic carbocycles. The Labute approximate surface area is 116 Å². The number of amides is 1. The van der Waals surface area contributed by atoms with Gasteiger partial charge in [-0.2, -0.15) is 0 Å². The SMILES string of the molecule is Cc1ccc2nc(NC(=O)C[C@H]3C=CCC3)sc2c1. The van der Waals surface area contributed by atoms with Crippen molar-refractivity contribution in [2.45, 2.75) is 26.2 Å². The Morgan fingerprint density at radius 3 is 3.21 bits per heavy atom. The van der Waals surface area contributed by atoms with Gasteiger partial charge >= 0.3 is 0 Å². The fourth-order valence-electron chi connectivity index (χ4n) is 2.36. The van der Waals surface area contributed by atoms with Crippen LogP contribution in [-0.2, 0) is 4.79 Å². The number of aromatic nitrogens is 1. The van der Waals surface area contributed by atoms with Crippen LogP contribution in [0.1, 0.15) is 24.8 Å². The third-order valence-electron chi connectivity index (χ3n) is 3.35. The summed E-state index contributed by atoms with van der Waals surface area (Å²) in [6.45, 7) is 2.06. The van der Waals surface area contributed by atoms with Gasteiger partial charge in [0.2, 0.25) is 5.91 Å². The number of benzene rings is 1. The molecule has 0 saturated heterocycles. The highest BCUT2D eigenvalue weighted by Crippen LogP contribution is 2.27. The van der Waals surface area contributed by atoms with Gasteiger partial charge in [0.05, 0.1) is 10.2 Å². The van der Waals surface area contributed by atoms with Crippen LogP contribution in [-0.4, -0.2) is 10.9 Å². The third kappa shape index (κ3) is 2.84. The monoisotopic (exact) mass is 272 g/mol. The topological polar surface area (TPSA) is 42.0 Å². The molecule has 1 aliphatic rings. The van der Waals surface area contributed by atoms with Crippen molar-refractivity contribution in [1.82, 2.24) is 4.98 Å². The van der Waals surface area contributed by atoms with Gasteiger partial charge in [0.25, 0.3) is 0 Å². The molecule has 0 radical (unpaired) electrons. The summed E-state index contributed by atoms with van der Waals surface area (Å²) in [5, 5.41) is 3.61. The molecule has 0 aliphatic heterocycles. The molecule has 0 bridgehead atoms. The number of hydrogen-bond acceptors (Lipinski definition) is 3. The zero-order valence-corrected chi connectivity index (χ0v) is 11.7. The number of nitrogens with zero attached hydrogens (tertiary/aromatic N) is 1. The van der Waals surface area contributed by atoms with Crippen molar-refractivity contribution >= 4 is 32.6 Å². The second-order valence-electron chi connectivity index (χ2n) is 5.01. The summed E-state index contributed by atoms with van der Waals surface area (Å²) in [7, 11) is 0. The minimum Gasteiger partial charge on any atom is -0.302 e. The number of anilines is 1. The molecule has 1 heterocycles. The molecule has 1 aromatic carbocycles. The van der Waals surface area contributed by atoms with Crippen LogP contribution in [0.2, 0.25) is 0 Å². The average Bonchev–Trinajstić information content (AvgIpc) is 2.97. The molecular formula is C15H16N2OS. The molecule has 3 nitrogen and oxygen atoms in total. The van der Waals surface area contributed by atoms with E-state index in [1.807, 2.05) is 12.1 Å². The highest BCUT2D eigenvalue weighted by molar-refractivity contribution is 7.22. The summed E-state index contributed by atoms with van der Waals surface area (Å²) in [5.41, 5.74) is 2.16. The molecule has 2 aromatic rings. The Bertz CT molecular complexity index is 645. The number of thiazole rings is 1. The Balaban J connectivity index is 1.70. The van der Waals surface area contributed by atoms with Crippen molar-refractivity contribution in [2.75, 3.05) is 5.32 Å². The fourth-order valence-corrected chi connectivity index (χ4v) is 3.34. The first-order valence-electron chi connectivity index (χ1n) is 6.54. The van der Waals surface area contributed by atoms with Gasteiger partial charge < -0.3 is 5.32 Å². The van der Waals surface area contributed by atoms with Gasteiger partial charge in [-0.05, 0) is 43.4 Å². The summed E-state index contributed by atoms with van der Waals surface area (Å²) in [5.74, 6) is 0.462. The predicted octanol–water partition coefficient (Wildman–Crippen LogP) is 3.90. The second kappa shape index (κ2) is 5.13. The molecule has 0 spiro atoms. The van der Waals surface area contributed by atoms with Crippen LogP contribution in [0.3, 0.4) is 0 Å². The number of fused-ring (bicyclic) bond motifs is 1. The highest BCUT2D eigenvalue weighted by Gasteiger charge is 2.15. The van der Waals surface area contributed by atoms with Gasteiger partial charge in [-0.15, -0.1) is 0 Å². The predicted molar refractivity (Wildman–Crippen MR) is 79.5 cm³/mol. The number of hydrogen-bond donors (Lipinski definition) is 1. The quantitative estimate of drug-likeness (QED) is 0.861. The maximum Gasteiger partial charge on any atom is 0.226 e. The maximum atomic E-state index is 11.9. The van der Waals surface area contributed by atoms with Crippen LogP contribution in [0, 0.1) is 12.8 Å². The highest BCUT2D eigenvalue weighted by atomic mass is 32.1. The summed E-state index contributed by atoms with van der Waals surface area (Å²) < 4.78 is 1.12. The van der Waals surface area contributed by atoms with Crippen LogP contribution in [0.5, 0.6) is 0 Å². The van der Waals surface area contributed by atoms with E-state index in [0.29, 0.717) is 17.5 Å². The fraction of sp³-hybridized carbons (Fsp3) is 0.333. The Morgan fingerprint density at radius 1 is 1.53 bits per heavy atom. The largest absolute Gasteiger partial charge is 0.302 e. The summed E-state index contributed by atoms with van der Waals surface area (Å²) in [6.07, 6.45) is 7.04. The van der Waals surface area contributed by atoms with E-state index in [0.717, 1.165) is 23.1 Å². The van der Waals surface area contributed by atoms with Crippen LogP contribution in [0.4, 0.5) is 5.13 Å². The zero-order chi connectivity index (χ0) is 13.2. The molecule has 98 valence electrons. The first kappa shape index (κ1) is 12.4. The lowest BCUT2D eigenvalue weighted by atomic mass is 10.1. The molecule has 0 saturated carbocycles. The summed E-state index contributed by atoms with van der Waals surface area (Å²) in [6, 6.07) is 6.13. The van der Waals surface area contributed by atoms with E-state index in [4.69, 9.17) is 0 Å². The van der Waals surface area contributed by atoms with Gasteiger partial charge in [0.1, 0.15) is 0 Å². The molecule has 1 atom stereocenters. The maximum absolute atomic E-state index is 11.9. The number of rotatable bonds is 3. The van der Waals surface area contributed by atoms with E-state index in [9.17, 15) is 4.79 Å². The minimum atomic E-state index is 0.0623. The van der Waals surface area contributed by atoms with Crippen molar-refractivity contribution in [3.05, 3.63) is 35.9 Å². The lowest BCUT2D eigenvalue weighted by Crippen LogP contribution is -2.14. The van der Waals surface area contributed by atoms with Crippen molar-refractivity contribution < 1.29 is 4.79 Å². The smallest absolute Gasteiger partial charge is 0.226 e. The van der Waals surface area contributed by atoms with Crippen LogP contribution in [0.15, 0.2) is 30.4 Å². The molecule has 4 heteroatoms. The van der Waals surface area contributed by atoms with Crippen molar-refractivity contribution in [1.29, 1.82) is 0 Å². The Hall–Kier alpha value is -1.68. The molecule has 0 unspecified atom stereocenters. The molecule has 1 amide bonds. The van der Waals surface area contributed by atoms with E-state index in [2.05, 4.69) is 35.4 Å². The lowest BCUT2D eigenvalue weighted by Gasteiger charge is -2.06. The van der Waals surface area contributed by atoms with Gasteiger partial charge in [-0.3, -0.25) is 4.79 Å². The first-order valence-corrected chi connectivity index (χ1v) is 7.36. The molecular weight excluding hydrogens is 256 g/mol. The van der Waals surface area contributed by atoms with E-state index in [1.54, 1.807) is 0 Å². The van der Waals surface area contributed by atoms with Gasteiger partial charge in [-0.1, -0.05) is 29.6 Å². The van der Waals surface area contributed by atoms with Crippen molar-refractivity contribution in [3.63, 3.8) is 0 Å². The van der Waals surface area contributed by atoms with Crippen LogP contribution >= 0.6 is 11.3 Å². The Kier molecular flexibility index (Phi) is 3.34. The molecule has 1 aromatic heterocycles. The molecule has 1 N–H and O–H groups in total. The molecule has 19 heavy (non-hydrogen) atoms. The Morgan fingerprint density at radius 2 is 2.42 bits per heavy atom. The van der Waals surface area contributed by atoms with Crippen LogP contribution in [0.25, 0.3) is 10.2 Å². The van der Waals surface area contributed by atoms with E-state index >= 15 is 0 Å². The second-order valence-corrected chi connectivity index (χ2v) is 6.04. The number of allylic oxidation sites excluding steroid dienone is 2. The standard InChI is InChI=1S/C15H16N2OS/c1-10-6-7-12-13(8-10)19-15(16-12)17-14(18)9-11-4-2-3-5-11/h2,4,6-8,11H,3,5,9H2,1H3,(H,16,17,18)/t11-/m0/s1. The number of nitrogens with one attached hydrogen (secondary N) is 1. The summed E-state index contributed by atoms with van der Waals surface area (Å²) in [4.78, 5) is 16.4. The van der Waals surface area contributed by atoms with Gasteiger partial charge in [0, 0.05) is 6.42 Å². The van der Waals surface area contributed by atoms with Crippen molar-refractivity contribution in [2.24, 2.45) is 5.92 Å². The van der Waals surface area contributed by atoms with E-state index in [-0.39, 0.29) is 5.91 Å². The lowest BCUT2D eigenvalue weighted by molar-refractivity contribution is -0.116. The van der Waals surface area contributed by atoms with E-state index in [1.165, 1.54) is 16.9 Å². The van der Waals surface area contributed by atoms with Crippen molar-refractivity contribution in [3.8, 4) is 0 Å². The number of carbonyl (C=O) groups is 1. The molecule has 3 rings (SSSR count). The van der Waals surface area contributed by atoms with Gasteiger partial charge in [-0.25, -0.2) is 4.98 Å². The van der Waals surface area contributed by atoms with E-state index < -0.39 is 0 Å². The third-order valence-corrected chi connectivity index (χ3v) is 4.28. The average molecular weight is 272 g/mol. The molecule has 0 fully saturated rings. The van der Waals surface area contributed by atoms with Gasteiger partial charge in [0.15, 0.2) is 5.13 Å². The summed E-state index contributed by atoms with van der Waals surface area (Å²) >= 11 is 1.54. The normalized spacial score (nSPS) is 18.1. The number of carbonyl (C=O) groups excluding carboxylic acids is 1. The number of aryl methyl sites for hydroxylation is 1. The first-order chi connectivity index (χ1) is 9.20. The minimum absolute atomic E-state index is 0.0623. The zero-order valence-electron chi connectivity index (χ0n) is 10.8. The van der Waals surface area contributed by atoms with Crippen LogP contribution < -0.4 is 5.32 Å².